The van der Waals surface area contributed by atoms with E-state index in [2.05, 4.69) is 10.9 Å². The van der Waals surface area contributed by atoms with Gasteiger partial charge >= 0.3 is 11.9 Å². The van der Waals surface area contributed by atoms with E-state index in [1.54, 1.807) is 41.5 Å². The molecular weight excluding hydrogens is 260 g/mol. The summed E-state index contributed by atoms with van der Waals surface area (Å²) < 4.78 is 10.7. The third-order valence-electron chi connectivity index (χ3n) is 2.65. The van der Waals surface area contributed by atoms with Crippen LogP contribution in [0.15, 0.2) is 0 Å². The minimum absolute atomic E-state index is 0.351. The summed E-state index contributed by atoms with van der Waals surface area (Å²) in [4.78, 5) is 24.9. The second-order valence-corrected chi connectivity index (χ2v) is 7.06. The van der Waals surface area contributed by atoms with Gasteiger partial charge in [-0.15, -0.1) is 0 Å². The molecule has 0 unspecified atom stereocenters. The molecule has 0 aromatic rings. The number of rotatable bonds is 2. The molecule has 0 aromatic carbocycles. The lowest BCUT2D eigenvalue weighted by Gasteiger charge is -2.37. The number of hydrogen-bond acceptors (Lipinski definition) is 6. The van der Waals surface area contributed by atoms with E-state index < -0.39 is 28.7 Å². The average molecular weight is 286 g/mol. The highest BCUT2D eigenvalue weighted by atomic mass is 16.6. The summed E-state index contributed by atoms with van der Waals surface area (Å²) in [6.45, 7) is 11.3. The van der Waals surface area contributed by atoms with Crippen molar-refractivity contribution in [3.63, 3.8) is 0 Å². The minimum atomic E-state index is -1.47. The zero-order chi connectivity index (χ0) is 15.6. The molecule has 0 aliphatic carbocycles. The van der Waals surface area contributed by atoms with E-state index >= 15 is 0 Å². The summed E-state index contributed by atoms with van der Waals surface area (Å²) in [5.41, 5.74) is 2.84. The molecule has 1 saturated heterocycles. The number of carbonyl (C=O) groups is 2. The minimum Gasteiger partial charge on any atom is -0.458 e. The van der Waals surface area contributed by atoms with E-state index in [4.69, 9.17) is 9.47 Å². The summed E-state index contributed by atoms with van der Waals surface area (Å²) in [6.07, 6.45) is 1.04. The van der Waals surface area contributed by atoms with Gasteiger partial charge in [-0.1, -0.05) is 0 Å². The summed E-state index contributed by atoms with van der Waals surface area (Å²) in [5.74, 6) is -1.21. The first kappa shape index (κ1) is 16.9. The molecule has 20 heavy (non-hydrogen) atoms. The Morgan fingerprint density at radius 2 is 1.40 bits per heavy atom. The average Bonchev–Trinajstić information content (AvgIpc) is 2.25. The van der Waals surface area contributed by atoms with Crippen LogP contribution in [0.4, 0.5) is 0 Å². The Balaban J connectivity index is 2.97. The van der Waals surface area contributed by atoms with Crippen LogP contribution in [0.3, 0.4) is 0 Å². The molecular formula is C14H26N2O4. The van der Waals surface area contributed by atoms with Gasteiger partial charge in [0.05, 0.1) is 0 Å². The molecule has 1 fully saturated rings. The van der Waals surface area contributed by atoms with E-state index in [9.17, 15) is 9.59 Å². The quantitative estimate of drug-likeness (QED) is 0.588. The highest BCUT2D eigenvalue weighted by Crippen LogP contribution is 2.25. The molecule has 6 nitrogen and oxygen atoms in total. The lowest BCUT2D eigenvalue weighted by Crippen LogP contribution is -2.67. The molecule has 2 N–H and O–H groups in total. The fourth-order valence-corrected chi connectivity index (χ4v) is 1.84. The largest absolute Gasteiger partial charge is 0.458 e. The highest BCUT2D eigenvalue weighted by Gasteiger charge is 2.52. The van der Waals surface area contributed by atoms with Gasteiger partial charge in [-0.3, -0.25) is 5.43 Å². The molecule has 0 radical (unpaired) electrons. The Morgan fingerprint density at radius 3 is 1.70 bits per heavy atom. The summed E-state index contributed by atoms with van der Waals surface area (Å²) in [6, 6.07) is 0. The van der Waals surface area contributed by atoms with E-state index in [1.165, 1.54) is 0 Å². The lowest BCUT2D eigenvalue weighted by molar-refractivity contribution is -0.181. The van der Waals surface area contributed by atoms with Crippen molar-refractivity contribution in [1.82, 2.24) is 10.9 Å². The zero-order valence-corrected chi connectivity index (χ0v) is 13.3. The fraction of sp³-hybridized carbons (Fsp3) is 0.857. The van der Waals surface area contributed by atoms with Crippen molar-refractivity contribution in [2.75, 3.05) is 6.54 Å². The van der Waals surface area contributed by atoms with Gasteiger partial charge in [0.2, 0.25) is 5.54 Å². The van der Waals surface area contributed by atoms with Gasteiger partial charge < -0.3 is 9.47 Å². The van der Waals surface area contributed by atoms with Crippen molar-refractivity contribution in [3.05, 3.63) is 0 Å². The summed E-state index contributed by atoms with van der Waals surface area (Å²) in [5, 5.41) is 0. The smallest absolute Gasteiger partial charge is 0.339 e. The number of hydrazine groups is 1. The first-order valence-corrected chi connectivity index (χ1v) is 6.93. The second kappa shape index (κ2) is 5.69. The Labute approximate surface area is 120 Å². The van der Waals surface area contributed by atoms with Crippen molar-refractivity contribution < 1.29 is 19.1 Å². The van der Waals surface area contributed by atoms with Crippen molar-refractivity contribution in [2.45, 2.75) is 71.1 Å². The van der Waals surface area contributed by atoms with Crippen LogP contribution >= 0.6 is 0 Å². The Bertz CT molecular complexity index is 344. The maximum atomic E-state index is 12.4. The molecule has 0 aromatic heterocycles. The molecule has 0 atom stereocenters. The van der Waals surface area contributed by atoms with Gasteiger partial charge in [0.15, 0.2) is 0 Å². The van der Waals surface area contributed by atoms with Crippen molar-refractivity contribution in [2.24, 2.45) is 0 Å². The first-order chi connectivity index (χ1) is 8.96. The maximum absolute atomic E-state index is 12.4. The van der Waals surface area contributed by atoms with Gasteiger partial charge in [0, 0.05) is 6.54 Å². The zero-order valence-electron chi connectivity index (χ0n) is 13.3. The predicted octanol–water partition coefficient (Wildman–Crippen LogP) is 1.30. The Morgan fingerprint density at radius 1 is 0.950 bits per heavy atom. The number of ether oxygens (including phenoxy) is 2. The van der Waals surface area contributed by atoms with Crippen LogP contribution in [0.25, 0.3) is 0 Å². The van der Waals surface area contributed by atoms with Gasteiger partial charge in [-0.25, -0.2) is 15.0 Å². The number of hydrogen-bond donors (Lipinski definition) is 2. The van der Waals surface area contributed by atoms with Crippen LogP contribution in [-0.2, 0) is 19.1 Å². The maximum Gasteiger partial charge on any atom is 0.339 e. The summed E-state index contributed by atoms with van der Waals surface area (Å²) >= 11 is 0. The molecule has 0 amide bonds. The third kappa shape index (κ3) is 4.45. The van der Waals surface area contributed by atoms with Gasteiger partial charge in [-0.2, -0.15) is 0 Å². The molecule has 116 valence electrons. The molecule has 1 heterocycles. The number of nitrogens with one attached hydrogen (secondary N) is 2. The Kier molecular flexibility index (Phi) is 4.82. The Hall–Kier alpha value is -1.14. The standard InChI is InChI=1S/C14H26N2O4/c1-12(2,3)19-10(17)14(8-7-9-15-16-14)11(18)20-13(4,5)6/h15-16H,7-9H2,1-6H3. The van der Waals surface area contributed by atoms with Crippen LogP contribution in [-0.4, -0.2) is 35.2 Å². The van der Waals surface area contributed by atoms with Crippen LogP contribution in [0.2, 0.25) is 0 Å². The molecule has 1 rings (SSSR count). The molecule has 1 aliphatic heterocycles. The van der Waals surface area contributed by atoms with Gasteiger partial charge in [-0.05, 0) is 54.4 Å². The molecule has 0 bridgehead atoms. The first-order valence-electron chi connectivity index (χ1n) is 6.93. The van der Waals surface area contributed by atoms with Crippen LogP contribution < -0.4 is 10.9 Å². The van der Waals surface area contributed by atoms with Crippen LogP contribution in [0, 0.1) is 0 Å². The van der Waals surface area contributed by atoms with Crippen LogP contribution in [0.5, 0.6) is 0 Å². The highest BCUT2D eigenvalue weighted by molar-refractivity contribution is 6.05. The fourth-order valence-electron chi connectivity index (χ4n) is 1.84. The molecule has 6 heteroatoms. The topological polar surface area (TPSA) is 76.7 Å². The van der Waals surface area contributed by atoms with E-state index in [0.29, 0.717) is 19.4 Å². The monoisotopic (exact) mass is 286 g/mol. The molecule has 0 saturated carbocycles. The van der Waals surface area contributed by atoms with Gasteiger partial charge in [0.1, 0.15) is 11.2 Å². The number of esters is 2. The van der Waals surface area contributed by atoms with Crippen molar-refractivity contribution in [3.8, 4) is 0 Å². The van der Waals surface area contributed by atoms with Crippen LogP contribution in [0.1, 0.15) is 54.4 Å². The van der Waals surface area contributed by atoms with Crippen molar-refractivity contribution in [1.29, 1.82) is 0 Å². The normalized spacial score (nSPS) is 19.3. The third-order valence-corrected chi connectivity index (χ3v) is 2.65. The number of carbonyl (C=O) groups excluding carboxylic acids is 2. The van der Waals surface area contributed by atoms with Gasteiger partial charge in [0.25, 0.3) is 0 Å². The van der Waals surface area contributed by atoms with E-state index in [-0.39, 0.29) is 0 Å². The second-order valence-electron chi connectivity index (χ2n) is 7.06. The molecule has 0 spiro atoms. The van der Waals surface area contributed by atoms with E-state index in [0.717, 1.165) is 0 Å². The predicted molar refractivity (Wildman–Crippen MR) is 74.8 cm³/mol. The molecule has 1 aliphatic rings. The SMILES string of the molecule is CC(C)(C)OC(=O)C1(C(=O)OC(C)(C)C)CCCNN1. The van der Waals surface area contributed by atoms with E-state index in [1.807, 2.05) is 0 Å². The van der Waals surface area contributed by atoms with Crippen molar-refractivity contribution >= 4 is 11.9 Å². The summed E-state index contributed by atoms with van der Waals surface area (Å²) in [7, 11) is 0. The lowest BCUT2D eigenvalue weighted by atomic mass is 9.92.